The largest absolute Gasteiger partial charge is 0.383 e. The van der Waals surface area contributed by atoms with Crippen molar-refractivity contribution < 1.29 is 9.18 Å². The molecule has 0 atom stereocenters. The van der Waals surface area contributed by atoms with Gasteiger partial charge in [0.05, 0.1) is 0 Å². The van der Waals surface area contributed by atoms with Gasteiger partial charge in [0.25, 0.3) is 0 Å². The Labute approximate surface area is 120 Å². The average Bonchev–Trinajstić information content (AvgIpc) is 2.35. The molecule has 0 heterocycles. The van der Waals surface area contributed by atoms with Crippen molar-refractivity contribution in [3.05, 3.63) is 53.6 Å². The molecule has 0 spiro atoms. The maximum Gasteiger partial charge on any atom is 0.192 e. The number of hydrogen-bond donors (Lipinski definition) is 0. The minimum absolute atomic E-state index is 0.0704. The Balaban J connectivity index is 3.21. The summed E-state index contributed by atoms with van der Waals surface area (Å²) < 4.78 is 13.0. The monoisotopic (exact) mass is 276 g/mol. The Morgan fingerprint density at radius 2 is 1.50 bits per heavy atom. The molecule has 0 saturated carbocycles. The van der Waals surface area contributed by atoms with Crippen LogP contribution in [0.4, 0.5) is 4.39 Å². The van der Waals surface area contributed by atoms with E-state index >= 15 is 0 Å². The Morgan fingerprint density at radius 1 is 1.00 bits per heavy atom. The Morgan fingerprint density at radius 3 is 1.95 bits per heavy atom. The minimum atomic E-state index is -0.314. The first-order chi connectivity index (χ1) is 9.31. The van der Waals surface area contributed by atoms with Crippen molar-refractivity contribution in [2.24, 2.45) is 0 Å². The van der Waals surface area contributed by atoms with Gasteiger partial charge in [-0.15, -0.1) is 0 Å². The van der Waals surface area contributed by atoms with Gasteiger partial charge in [0.2, 0.25) is 0 Å². The summed E-state index contributed by atoms with van der Waals surface area (Å²) >= 11 is 0. The van der Waals surface area contributed by atoms with Crippen molar-refractivity contribution >= 4 is 11.4 Å². The zero-order valence-corrected chi connectivity index (χ0v) is 12.6. The fraction of sp³-hybridized carbons (Fsp3) is 0.312. The van der Waals surface area contributed by atoms with Crippen LogP contribution in [-0.2, 0) is 4.79 Å². The third-order valence-corrected chi connectivity index (χ3v) is 2.60. The number of rotatable bonds is 5. The van der Waals surface area contributed by atoms with E-state index in [0.717, 1.165) is 0 Å². The highest BCUT2D eigenvalue weighted by Crippen LogP contribution is 2.20. The van der Waals surface area contributed by atoms with Gasteiger partial charge in [0.1, 0.15) is 5.82 Å². The highest BCUT2D eigenvalue weighted by atomic mass is 19.1. The normalized spacial score (nSPS) is 12.3. The van der Waals surface area contributed by atoms with Crippen LogP contribution in [0.1, 0.15) is 12.5 Å². The molecule has 0 amide bonds. The molecular formula is C16H21FN2O. The first-order valence-corrected chi connectivity index (χ1v) is 6.35. The minimum Gasteiger partial charge on any atom is -0.383 e. The van der Waals surface area contributed by atoms with E-state index in [1.165, 1.54) is 12.1 Å². The van der Waals surface area contributed by atoms with Gasteiger partial charge in [-0.2, -0.15) is 0 Å². The van der Waals surface area contributed by atoms with Crippen LogP contribution < -0.4 is 0 Å². The van der Waals surface area contributed by atoms with Crippen molar-refractivity contribution in [3.8, 4) is 0 Å². The second-order valence-electron chi connectivity index (χ2n) is 5.12. The average molecular weight is 276 g/mol. The van der Waals surface area contributed by atoms with Crippen LogP contribution in [0.5, 0.6) is 0 Å². The zero-order valence-electron chi connectivity index (χ0n) is 12.6. The van der Waals surface area contributed by atoms with E-state index in [-0.39, 0.29) is 11.6 Å². The van der Waals surface area contributed by atoms with Gasteiger partial charge in [-0.1, -0.05) is 12.1 Å². The summed E-state index contributed by atoms with van der Waals surface area (Å²) in [6, 6.07) is 5.95. The second-order valence-corrected chi connectivity index (χ2v) is 5.12. The van der Waals surface area contributed by atoms with Crippen molar-refractivity contribution in [1.82, 2.24) is 9.80 Å². The fourth-order valence-electron chi connectivity index (χ4n) is 1.81. The predicted octanol–water partition coefficient (Wildman–Crippen LogP) is 2.76. The summed E-state index contributed by atoms with van der Waals surface area (Å²) in [4.78, 5) is 16.1. The fourth-order valence-corrected chi connectivity index (χ4v) is 1.81. The lowest BCUT2D eigenvalue weighted by Gasteiger charge is -2.13. The predicted molar refractivity (Wildman–Crippen MR) is 80.5 cm³/mol. The Kier molecular flexibility index (Phi) is 5.50. The van der Waals surface area contributed by atoms with Gasteiger partial charge in [0.15, 0.2) is 5.78 Å². The molecule has 0 bridgehead atoms. The van der Waals surface area contributed by atoms with E-state index < -0.39 is 0 Å². The summed E-state index contributed by atoms with van der Waals surface area (Å²) in [6.45, 7) is 1.77. The SMILES string of the molecule is C/C(=C\N(C)C)C(=O)/C(=C/N(C)C)c1ccc(F)cc1. The molecule has 1 aromatic rings. The van der Waals surface area contributed by atoms with Crippen molar-refractivity contribution in [3.63, 3.8) is 0 Å². The van der Waals surface area contributed by atoms with Crippen LogP contribution in [0.25, 0.3) is 5.57 Å². The maximum atomic E-state index is 13.0. The molecule has 0 aliphatic rings. The molecule has 1 aromatic carbocycles. The Bertz CT molecular complexity index is 528. The van der Waals surface area contributed by atoms with E-state index in [4.69, 9.17) is 0 Å². The van der Waals surface area contributed by atoms with E-state index in [1.54, 1.807) is 36.4 Å². The maximum absolute atomic E-state index is 13.0. The van der Waals surface area contributed by atoms with Gasteiger partial charge in [-0.05, 0) is 24.6 Å². The van der Waals surface area contributed by atoms with Gasteiger partial charge >= 0.3 is 0 Å². The number of carbonyl (C=O) groups excluding carboxylic acids is 1. The van der Waals surface area contributed by atoms with Gasteiger partial charge in [-0.25, -0.2) is 4.39 Å². The van der Waals surface area contributed by atoms with Gasteiger partial charge < -0.3 is 9.80 Å². The number of carbonyl (C=O) groups is 1. The highest BCUT2D eigenvalue weighted by molar-refractivity contribution is 6.28. The third-order valence-electron chi connectivity index (χ3n) is 2.60. The Hall–Kier alpha value is -2.10. The molecular weight excluding hydrogens is 255 g/mol. The summed E-state index contributed by atoms with van der Waals surface area (Å²) in [6.07, 6.45) is 3.53. The van der Waals surface area contributed by atoms with Crippen LogP contribution in [0, 0.1) is 5.82 Å². The lowest BCUT2D eigenvalue weighted by atomic mass is 9.98. The zero-order chi connectivity index (χ0) is 15.3. The molecule has 1 rings (SSSR count). The number of halogens is 1. The van der Waals surface area contributed by atoms with Crippen LogP contribution in [0.2, 0.25) is 0 Å². The topological polar surface area (TPSA) is 23.6 Å². The molecule has 108 valence electrons. The number of nitrogens with zero attached hydrogens (tertiary/aromatic N) is 2. The molecule has 0 unspecified atom stereocenters. The van der Waals surface area contributed by atoms with Crippen LogP contribution in [0.3, 0.4) is 0 Å². The number of Topliss-reactive ketones (excluding diaryl/α,β-unsaturated/α-hetero) is 1. The van der Waals surface area contributed by atoms with E-state index in [0.29, 0.717) is 16.7 Å². The molecule has 0 aliphatic heterocycles. The first-order valence-electron chi connectivity index (χ1n) is 6.35. The first kappa shape index (κ1) is 16.0. The van der Waals surface area contributed by atoms with Gasteiger partial charge in [-0.3, -0.25) is 4.79 Å². The van der Waals surface area contributed by atoms with Crippen LogP contribution in [0.15, 0.2) is 42.2 Å². The van der Waals surface area contributed by atoms with E-state index in [1.807, 2.05) is 33.1 Å². The highest BCUT2D eigenvalue weighted by Gasteiger charge is 2.14. The summed E-state index contributed by atoms with van der Waals surface area (Å²) in [5, 5.41) is 0. The second kappa shape index (κ2) is 6.89. The van der Waals surface area contributed by atoms with Crippen LogP contribution in [-0.4, -0.2) is 43.8 Å². The van der Waals surface area contributed by atoms with E-state index in [2.05, 4.69) is 0 Å². The smallest absolute Gasteiger partial charge is 0.192 e. The molecule has 0 aliphatic carbocycles. The van der Waals surface area contributed by atoms with E-state index in [9.17, 15) is 9.18 Å². The number of allylic oxidation sites excluding steroid dienone is 2. The third kappa shape index (κ3) is 4.53. The summed E-state index contributed by atoms with van der Waals surface area (Å²) in [7, 11) is 7.43. The summed E-state index contributed by atoms with van der Waals surface area (Å²) in [5.74, 6) is -0.384. The lowest BCUT2D eigenvalue weighted by Crippen LogP contribution is -2.12. The quantitative estimate of drug-likeness (QED) is 0.773. The molecule has 20 heavy (non-hydrogen) atoms. The molecule has 0 saturated heterocycles. The number of ketones is 1. The molecule has 0 fully saturated rings. The number of benzene rings is 1. The lowest BCUT2D eigenvalue weighted by molar-refractivity contribution is -0.110. The number of hydrogen-bond acceptors (Lipinski definition) is 3. The van der Waals surface area contributed by atoms with Crippen molar-refractivity contribution in [2.75, 3.05) is 28.2 Å². The molecule has 0 radical (unpaired) electrons. The van der Waals surface area contributed by atoms with Gasteiger partial charge in [0, 0.05) is 51.7 Å². The standard InChI is InChI=1S/C16H21FN2O/c1-12(10-18(2)3)16(20)15(11-19(4)5)13-6-8-14(17)9-7-13/h6-11H,1-5H3/b12-10+,15-11+. The molecule has 0 N–H and O–H groups in total. The molecule has 4 heteroatoms. The molecule has 0 aromatic heterocycles. The van der Waals surface area contributed by atoms with Crippen LogP contribution >= 0.6 is 0 Å². The molecule has 3 nitrogen and oxygen atoms in total. The van der Waals surface area contributed by atoms with Crippen molar-refractivity contribution in [2.45, 2.75) is 6.92 Å². The summed E-state index contributed by atoms with van der Waals surface area (Å²) in [5.41, 5.74) is 1.88. The van der Waals surface area contributed by atoms with Crippen molar-refractivity contribution in [1.29, 1.82) is 0 Å².